The van der Waals surface area contributed by atoms with Crippen LogP contribution in [0, 0.1) is 5.82 Å². The average Bonchev–Trinajstić information content (AvgIpc) is 2.79. The second-order valence-corrected chi connectivity index (χ2v) is 6.80. The molecule has 0 bridgehead atoms. The fourth-order valence-corrected chi connectivity index (χ4v) is 4.60. The molecule has 2 unspecified atom stereocenters. The Morgan fingerprint density at radius 1 is 1.28 bits per heavy atom. The molecular formula is C13H18FNO2S. The van der Waals surface area contributed by atoms with Gasteiger partial charge in [-0.3, -0.25) is 0 Å². The molecule has 1 fully saturated rings. The van der Waals surface area contributed by atoms with Crippen LogP contribution in [-0.2, 0) is 9.84 Å². The van der Waals surface area contributed by atoms with E-state index in [4.69, 9.17) is 0 Å². The van der Waals surface area contributed by atoms with Crippen LogP contribution in [0.1, 0.15) is 26.2 Å². The lowest BCUT2D eigenvalue weighted by Gasteiger charge is -2.20. The Balaban J connectivity index is 2.27. The third-order valence-electron chi connectivity index (χ3n) is 3.46. The Kier molecular flexibility index (Phi) is 4.02. The highest BCUT2D eigenvalue weighted by atomic mass is 32.2. The summed E-state index contributed by atoms with van der Waals surface area (Å²) in [5.41, 5.74) is 0. The van der Waals surface area contributed by atoms with E-state index in [0.717, 1.165) is 19.4 Å². The normalized spacial score (nSPS) is 24.3. The number of hydrogen-bond acceptors (Lipinski definition) is 3. The molecule has 2 atom stereocenters. The number of nitrogens with one attached hydrogen (secondary N) is 1. The lowest BCUT2D eigenvalue weighted by atomic mass is 10.2. The van der Waals surface area contributed by atoms with Gasteiger partial charge >= 0.3 is 0 Å². The van der Waals surface area contributed by atoms with Crippen molar-refractivity contribution in [2.24, 2.45) is 0 Å². The van der Waals surface area contributed by atoms with Gasteiger partial charge in [0.1, 0.15) is 5.82 Å². The van der Waals surface area contributed by atoms with Gasteiger partial charge in [-0.15, -0.1) is 0 Å². The Bertz CT molecular complexity index is 498. The summed E-state index contributed by atoms with van der Waals surface area (Å²) in [7, 11) is -3.36. The van der Waals surface area contributed by atoms with Crippen molar-refractivity contribution in [3.63, 3.8) is 0 Å². The standard InChI is InChI=1S/C13H18FNO2S/c1-2-15-12-4-3-5-13(12)18(16,17)11-8-6-10(14)7-9-11/h6-9,12-13,15H,2-5H2,1H3. The Morgan fingerprint density at radius 3 is 2.56 bits per heavy atom. The lowest BCUT2D eigenvalue weighted by molar-refractivity contribution is 0.517. The molecule has 0 radical (unpaired) electrons. The van der Waals surface area contributed by atoms with Gasteiger partial charge in [0, 0.05) is 6.04 Å². The molecule has 1 aromatic carbocycles. The summed E-state index contributed by atoms with van der Waals surface area (Å²) in [4.78, 5) is 0.221. The smallest absolute Gasteiger partial charge is 0.182 e. The zero-order valence-electron chi connectivity index (χ0n) is 10.4. The van der Waals surface area contributed by atoms with Crippen molar-refractivity contribution >= 4 is 9.84 Å². The minimum atomic E-state index is -3.36. The predicted octanol–water partition coefficient (Wildman–Crippen LogP) is 2.13. The molecule has 1 aliphatic carbocycles. The summed E-state index contributed by atoms with van der Waals surface area (Å²) in [5.74, 6) is -0.413. The van der Waals surface area contributed by atoms with Gasteiger partial charge in [0.05, 0.1) is 10.1 Å². The molecule has 0 aromatic heterocycles. The first kappa shape index (κ1) is 13.5. The zero-order valence-corrected chi connectivity index (χ0v) is 11.2. The largest absolute Gasteiger partial charge is 0.313 e. The third-order valence-corrected chi connectivity index (χ3v) is 5.75. The van der Waals surface area contributed by atoms with E-state index in [9.17, 15) is 12.8 Å². The number of halogens is 1. The van der Waals surface area contributed by atoms with Crippen molar-refractivity contribution in [2.45, 2.75) is 42.4 Å². The maximum Gasteiger partial charge on any atom is 0.182 e. The maximum atomic E-state index is 12.8. The van der Waals surface area contributed by atoms with Crippen LogP contribution in [0.2, 0.25) is 0 Å². The second-order valence-electron chi connectivity index (χ2n) is 4.63. The third kappa shape index (κ3) is 2.57. The number of sulfone groups is 1. The molecule has 0 amide bonds. The van der Waals surface area contributed by atoms with Crippen molar-refractivity contribution in [3.05, 3.63) is 30.1 Å². The van der Waals surface area contributed by atoms with Gasteiger partial charge in [-0.1, -0.05) is 13.3 Å². The van der Waals surface area contributed by atoms with Crippen LogP contribution in [0.3, 0.4) is 0 Å². The molecule has 5 heteroatoms. The van der Waals surface area contributed by atoms with Crippen LogP contribution in [-0.4, -0.2) is 26.3 Å². The molecule has 18 heavy (non-hydrogen) atoms. The van der Waals surface area contributed by atoms with Crippen LogP contribution >= 0.6 is 0 Å². The Labute approximate surface area is 107 Å². The van der Waals surface area contributed by atoms with E-state index in [-0.39, 0.29) is 16.2 Å². The van der Waals surface area contributed by atoms with Gasteiger partial charge in [-0.05, 0) is 43.7 Å². The average molecular weight is 271 g/mol. The number of benzene rings is 1. The second kappa shape index (κ2) is 5.36. The summed E-state index contributed by atoms with van der Waals surface area (Å²) in [6.45, 7) is 2.74. The quantitative estimate of drug-likeness (QED) is 0.853. The molecule has 1 saturated carbocycles. The van der Waals surface area contributed by atoms with Gasteiger partial charge in [0.2, 0.25) is 0 Å². The van der Waals surface area contributed by atoms with Crippen molar-refractivity contribution in [3.8, 4) is 0 Å². The minimum Gasteiger partial charge on any atom is -0.313 e. The fraction of sp³-hybridized carbons (Fsp3) is 0.538. The van der Waals surface area contributed by atoms with E-state index in [1.807, 2.05) is 6.92 Å². The molecular weight excluding hydrogens is 253 g/mol. The van der Waals surface area contributed by atoms with E-state index in [1.54, 1.807) is 0 Å². The predicted molar refractivity (Wildman–Crippen MR) is 68.7 cm³/mol. The first-order chi connectivity index (χ1) is 8.55. The fourth-order valence-electron chi connectivity index (χ4n) is 2.59. The highest BCUT2D eigenvalue weighted by Crippen LogP contribution is 2.30. The van der Waals surface area contributed by atoms with Crippen LogP contribution in [0.5, 0.6) is 0 Å². The lowest BCUT2D eigenvalue weighted by Crippen LogP contribution is -2.40. The van der Waals surface area contributed by atoms with Crippen molar-refractivity contribution in [1.82, 2.24) is 5.32 Å². The summed E-state index contributed by atoms with van der Waals surface area (Å²) in [6, 6.07) is 5.12. The molecule has 0 aliphatic heterocycles. The minimum absolute atomic E-state index is 0.0186. The Hall–Kier alpha value is -0.940. The molecule has 1 aliphatic rings. The van der Waals surface area contributed by atoms with Gasteiger partial charge in [-0.2, -0.15) is 0 Å². The first-order valence-corrected chi connectivity index (χ1v) is 7.83. The molecule has 0 spiro atoms. The van der Waals surface area contributed by atoms with E-state index in [0.29, 0.717) is 6.42 Å². The van der Waals surface area contributed by atoms with E-state index >= 15 is 0 Å². The van der Waals surface area contributed by atoms with Crippen LogP contribution in [0.25, 0.3) is 0 Å². The SMILES string of the molecule is CCNC1CCCC1S(=O)(=O)c1ccc(F)cc1. The van der Waals surface area contributed by atoms with Crippen molar-refractivity contribution in [1.29, 1.82) is 0 Å². The molecule has 1 N–H and O–H groups in total. The molecule has 3 nitrogen and oxygen atoms in total. The van der Waals surface area contributed by atoms with Gasteiger partial charge in [-0.25, -0.2) is 12.8 Å². The van der Waals surface area contributed by atoms with Crippen molar-refractivity contribution < 1.29 is 12.8 Å². The van der Waals surface area contributed by atoms with E-state index < -0.39 is 15.7 Å². The van der Waals surface area contributed by atoms with Crippen LogP contribution in [0.15, 0.2) is 29.2 Å². The molecule has 1 aromatic rings. The monoisotopic (exact) mass is 271 g/mol. The summed E-state index contributed by atoms with van der Waals surface area (Å²) in [6.07, 6.45) is 2.49. The molecule has 2 rings (SSSR count). The molecule has 0 saturated heterocycles. The topological polar surface area (TPSA) is 46.2 Å². The molecule has 0 heterocycles. The number of rotatable bonds is 4. The van der Waals surface area contributed by atoms with Gasteiger partial charge < -0.3 is 5.32 Å². The zero-order chi connectivity index (χ0) is 13.2. The summed E-state index contributed by atoms with van der Waals surface area (Å²) >= 11 is 0. The Morgan fingerprint density at radius 2 is 1.94 bits per heavy atom. The van der Waals surface area contributed by atoms with Crippen LogP contribution in [0.4, 0.5) is 4.39 Å². The van der Waals surface area contributed by atoms with E-state index in [2.05, 4.69) is 5.32 Å². The van der Waals surface area contributed by atoms with Gasteiger partial charge in [0.25, 0.3) is 0 Å². The number of hydrogen-bond donors (Lipinski definition) is 1. The first-order valence-electron chi connectivity index (χ1n) is 6.28. The van der Waals surface area contributed by atoms with Gasteiger partial charge in [0.15, 0.2) is 9.84 Å². The highest BCUT2D eigenvalue weighted by Gasteiger charge is 2.37. The molecule has 100 valence electrons. The van der Waals surface area contributed by atoms with Crippen LogP contribution < -0.4 is 5.32 Å². The maximum absolute atomic E-state index is 12.8. The van der Waals surface area contributed by atoms with Crippen molar-refractivity contribution in [2.75, 3.05) is 6.54 Å². The van der Waals surface area contributed by atoms with E-state index in [1.165, 1.54) is 24.3 Å². The highest BCUT2D eigenvalue weighted by molar-refractivity contribution is 7.92. The summed E-state index contributed by atoms with van der Waals surface area (Å²) in [5, 5.41) is 2.84. The summed E-state index contributed by atoms with van der Waals surface area (Å²) < 4.78 is 37.8.